The van der Waals surface area contributed by atoms with Crippen LogP contribution in [0.2, 0.25) is 0 Å². The van der Waals surface area contributed by atoms with Crippen molar-refractivity contribution < 1.29 is 14.1 Å². The Bertz CT molecular complexity index is 1170. The van der Waals surface area contributed by atoms with Crippen LogP contribution in [0.5, 0.6) is 6.08 Å². The fourth-order valence-electron chi connectivity index (χ4n) is 5.01. The fourth-order valence-corrected chi connectivity index (χ4v) is 5.01. The van der Waals surface area contributed by atoms with Crippen LogP contribution in [0, 0.1) is 23.2 Å². The monoisotopic (exact) mass is 436 g/mol. The molecule has 4 heterocycles. The normalized spacial score (nSPS) is 22.0. The van der Waals surface area contributed by atoms with E-state index in [4.69, 9.17) is 9.26 Å². The molecule has 11 heteroatoms. The predicted octanol–water partition coefficient (Wildman–Crippen LogP) is 2.59. The van der Waals surface area contributed by atoms with E-state index in [0.717, 1.165) is 29.6 Å². The van der Waals surface area contributed by atoms with Crippen molar-refractivity contribution in [1.82, 2.24) is 25.0 Å². The molecule has 3 aromatic heterocycles. The van der Waals surface area contributed by atoms with Crippen molar-refractivity contribution in [3.63, 3.8) is 0 Å². The zero-order chi connectivity index (χ0) is 22.2. The number of hydrogen-bond donors (Lipinski definition) is 2. The summed E-state index contributed by atoms with van der Waals surface area (Å²) in [6.45, 7) is 3.58. The molecule has 0 radical (unpaired) electrons. The average molecular weight is 436 g/mol. The van der Waals surface area contributed by atoms with Crippen molar-refractivity contribution in [2.24, 2.45) is 11.8 Å². The Hall–Kier alpha value is -3.81. The number of H-pyrrole nitrogens is 1. The minimum atomic E-state index is -0.233. The number of hydrogen-bond acceptors (Lipinski definition) is 8. The second kappa shape index (κ2) is 8.03. The van der Waals surface area contributed by atoms with Gasteiger partial charge in [-0.25, -0.2) is 9.78 Å². The number of amides is 2. The van der Waals surface area contributed by atoms with E-state index in [-0.39, 0.29) is 18.1 Å². The molecule has 2 unspecified atom stereocenters. The SMILES string of the molecule is CCOc1nc(NC(=O)N2CC3CC(N(C)c4c(C#N)cnc5[nH]ccc45)CC3C2)no1. The summed E-state index contributed by atoms with van der Waals surface area (Å²) >= 11 is 0. The Morgan fingerprint density at radius 3 is 2.94 bits per heavy atom. The Morgan fingerprint density at radius 2 is 2.22 bits per heavy atom. The van der Waals surface area contributed by atoms with E-state index >= 15 is 0 Å². The van der Waals surface area contributed by atoms with Crippen molar-refractivity contribution >= 4 is 28.7 Å². The highest BCUT2D eigenvalue weighted by atomic mass is 16.6. The number of urea groups is 1. The van der Waals surface area contributed by atoms with Crippen molar-refractivity contribution in [3.05, 3.63) is 24.0 Å². The van der Waals surface area contributed by atoms with Crippen LogP contribution in [0.25, 0.3) is 11.0 Å². The van der Waals surface area contributed by atoms with Crippen LogP contribution in [0.3, 0.4) is 0 Å². The molecular formula is C21H24N8O3. The highest BCUT2D eigenvalue weighted by molar-refractivity contribution is 5.93. The Labute approximate surface area is 184 Å². The fraction of sp³-hybridized carbons (Fsp3) is 0.476. The molecule has 0 bridgehead atoms. The zero-order valence-corrected chi connectivity index (χ0v) is 17.9. The molecule has 0 aromatic carbocycles. The first-order valence-corrected chi connectivity index (χ1v) is 10.7. The lowest BCUT2D eigenvalue weighted by molar-refractivity contribution is 0.214. The first-order chi connectivity index (χ1) is 15.6. The van der Waals surface area contributed by atoms with Crippen LogP contribution in [-0.4, -0.2) is 63.8 Å². The van der Waals surface area contributed by atoms with Crippen LogP contribution < -0.4 is 15.0 Å². The largest absolute Gasteiger partial charge is 0.449 e. The molecule has 2 atom stereocenters. The molecule has 32 heavy (non-hydrogen) atoms. The highest BCUT2D eigenvalue weighted by Crippen LogP contribution is 2.42. The van der Waals surface area contributed by atoms with Crippen LogP contribution in [0.4, 0.5) is 16.4 Å². The maximum Gasteiger partial charge on any atom is 0.418 e. The number of carbonyl (C=O) groups excluding carboxylic acids is 1. The number of carbonyl (C=O) groups is 1. The number of nitrogens with zero attached hydrogens (tertiary/aromatic N) is 6. The first-order valence-electron chi connectivity index (χ1n) is 10.7. The molecular weight excluding hydrogens is 412 g/mol. The van der Waals surface area contributed by atoms with Crippen LogP contribution in [-0.2, 0) is 0 Å². The standard InChI is InChI=1S/C21H24N8O3/c1-3-31-21-26-19(27-32-21)25-20(30)29-10-12-6-15(7-13(12)11-29)28(2)17-14(8-22)9-24-18-16(17)4-5-23-18/h4-5,9,12-13,15H,3,6-7,10-11H2,1-2H3,(H,23,24)(H,25,27,30). The van der Waals surface area contributed by atoms with Gasteiger partial charge in [-0.1, -0.05) is 0 Å². The maximum absolute atomic E-state index is 12.6. The van der Waals surface area contributed by atoms with Crippen LogP contribution in [0.15, 0.2) is 23.0 Å². The summed E-state index contributed by atoms with van der Waals surface area (Å²) in [7, 11) is 2.05. The molecule has 2 amide bonds. The van der Waals surface area contributed by atoms with E-state index in [1.54, 1.807) is 11.1 Å². The van der Waals surface area contributed by atoms with Gasteiger partial charge in [0.2, 0.25) is 0 Å². The zero-order valence-electron chi connectivity index (χ0n) is 17.9. The van der Waals surface area contributed by atoms with Crippen molar-refractivity contribution in [2.75, 3.05) is 37.0 Å². The van der Waals surface area contributed by atoms with Gasteiger partial charge in [0.1, 0.15) is 11.7 Å². The summed E-state index contributed by atoms with van der Waals surface area (Å²) in [5.74, 6) is 0.920. The summed E-state index contributed by atoms with van der Waals surface area (Å²) in [5.41, 5.74) is 2.27. The van der Waals surface area contributed by atoms with E-state index in [0.29, 0.717) is 43.1 Å². The molecule has 5 rings (SSSR count). The Kier molecular flexibility index (Phi) is 5.05. The van der Waals surface area contributed by atoms with Crippen LogP contribution >= 0.6 is 0 Å². The summed E-state index contributed by atoms with van der Waals surface area (Å²) < 4.78 is 10.0. The lowest BCUT2D eigenvalue weighted by Crippen LogP contribution is -2.36. The number of anilines is 2. The van der Waals surface area contributed by atoms with E-state index in [2.05, 4.69) is 36.4 Å². The van der Waals surface area contributed by atoms with Gasteiger partial charge in [0.25, 0.3) is 5.95 Å². The smallest absolute Gasteiger partial charge is 0.418 e. The van der Waals surface area contributed by atoms with E-state index in [1.807, 2.05) is 26.2 Å². The van der Waals surface area contributed by atoms with Gasteiger partial charge in [-0.2, -0.15) is 5.26 Å². The predicted molar refractivity (Wildman–Crippen MR) is 115 cm³/mol. The van der Waals surface area contributed by atoms with Gasteiger partial charge < -0.3 is 19.5 Å². The average Bonchev–Trinajstić information content (AvgIpc) is 3.55. The topological polar surface area (TPSA) is 136 Å². The number of pyridine rings is 1. The third kappa shape index (κ3) is 3.47. The van der Waals surface area contributed by atoms with Gasteiger partial charge in [-0.15, -0.1) is 4.98 Å². The number of likely N-dealkylation sites (tertiary alicyclic amines) is 1. The van der Waals surface area contributed by atoms with Gasteiger partial charge in [0.15, 0.2) is 0 Å². The Balaban J connectivity index is 1.24. The van der Waals surface area contributed by atoms with Crippen molar-refractivity contribution in [1.29, 1.82) is 5.26 Å². The van der Waals surface area contributed by atoms with Crippen molar-refractivity contribution in [3.8, 4) is 12.1 Å². The van der Waals surface area contributed by atoms with Crippen molar-refractivity contribution in [2.45, 2.75) is 25.8 Å². The second-order valence-electron chi connectivity index (χ2n) is 8.28. The van der Waals surface area contributed by atoms with Gasteiger partial charge >= 0.3 is 12.1 Å². The summed E-state index contributed by atoms with van der Waals surface area (Å²) in [4.78, 5) is 28.1. The van der Waals surface area contributed by atoms with Gasteiger partial charge in [0, 0.05) is 44.0 Å². The van der Waals surface area contributed by atoms with Gasteiger partial charge in [-0.3, -0.25) is 9.84 Å². The number of aromatic amines is 1. The number of fused-ring (bicyclic) bond motifs is 2. The van der Waals surface area contributed by atoms with E-state index < -0.39 is 0 Å². The van der Waals surface area contributed by atoms with E-state index in [1.165, 1.54) is 0 Å². The lowest BCUT2D eigenvalue weighted by atomic mass is 10.0. The molecule has 2 fully saturated rings. The van der Waals surface area contributed by atoms with Gasteiger partial charge in [0.05, 0.1) is 17.9 Å². The number of nitrogens with one attached hydrogen (secondary N) is 2. The summed E-state index contributed by atoms with van der Waals surface area (Å²) in [5, 5.41) is 17.0. The number of ether oxygens (including phenoxy) is 1. The molecule has 166 valence electrons. The van der Waals surface area contributed by atoms with Gasteiger partial charge in [-0.05, 0) is 42.8 Å². The Morgan fingerprint density at radius 1 is 1.44 bits per heavy atom. The van der Waals surface area contributed by atoms with Crippen LogP contribution in [0.1, 0.15) is 25.3 Å². The summed E-state index contributed by atoms with van der Waals surface area (Å²) in [6, 6.07) is 4.31. The quantitative estimate of drug-likeness (QED) is 0.623. The molecule has 2 N–H and O–H groups in total. The second-order valence-corrected chi connectivity index (χ2v) is 8.28. The first kappa shape index (κ1) is 20.1. The summed E-state index contributed by atoms with van der Waals surface area (Å²) in [6.07, 6.45) is 5.43. The molecule has 1 aliphatic carbocycles. The minimum Gasteiger partial charge on any atom is -0.449 e. The number of rotatable bonds is 5. The molecule has 3 aromatic rings. The number of nitriles is 1. The molecule has 1 saturated carbocycles. The minimum absolute atomic E-state index is 0.0383. The highest BCUT2D eigenvalue weighted by Gasteiger charge is 2.44. The molecule has 1 saturated heterocycles. The maximum atomic E-state index is 12.6. The third-order valence-corrected chi connectivity index (χ3v) is 6.49. The third-order valence-electron chi connectivity index (χ3n) is 6.49. The number of aromatic nitrogens is 4. The molecule has 2 aliphatic rings. The van der Waals surface area contributed by atoms with E-state index in [9.17, 15) is 10.1 Å². The molecule has 1 aliphatic heterocycles. The molecule has 0 spiro atoms. The lowest BCUT2D eigenvalue weighted by Gasteiger charge is -2.29. The molecule has 11 nitrogen and oxygen atoms in total.